The van der Waals surface area contributed by atoms with Crippen LogP contribution in [0.3, 0.4) is 0 Å². The third-order valence-corrected chi connectivity index (χ3v) is 5.15. The Morgan fingerprint density at radius 1 is 0.968 bits per heavy atom. The third-order valence-electron chi connectivity index (χ3n) is 5.15. The van der Waals surface area contributed by atoms with Gasteiger partial charge in [0.2, 0.25) is 0 Å². The minimum absolute atomic E-state index is 0.162. The van der Waals surface area contributed by atoms with E-state index in [2.05, 4.69) is 0 Å². The van der Waals surface area contributed by atoms with E-state index in [-0.39, 0.29) is 17.5 Å². The van der Waals surface area contributed by atoms with Gasteiger partial charge >= 0.3 is 12.1 Å². The van der Waals surface area contributed by atoms with Gasteiger partial charge in [-0.3, -0.25) is 14.5 Å². The molecular formula is C23H22N2O6. The number of anilines is 1. The number of nitrogens with zero attached hydrogens (tertiary/aromatic N) is 2. The molecule has 3 amide bonds. The van der Waals surface area contributed by atoms with Crippen LogP contribution in [0.15, 0.2) is 42.5 Å². The second-order valence-corrected chi connectivity index (χ2v) is 8.50. The zero-order valence-corrected chi connectivity index (χ0v) is 17.7. The number of hydrogen-bond donors (Lipinski definition) is 0. The first kappa shape index (κ1) is 20.6. The standard InChI is InChI=1S/C23H22N2O6/c1-13-8-7-11-17-16(13)12-18(24(17)22(29)30-23(2,3)4)21(28)31-25-19(26)14-9-5-6-10-15(14)20(25)27/h5-11,18H,12H2,1-4H3. The molecule has 8 nitrogen and oxygen atoms in total. The average molecular weight is 422 g/mol. The molecule has 2 aliphatic heterocycles. The molecule has 2 aliphatic rings. The fourth-order valence-electron chi connectivity index (χ4n) is 3.76. The Hall–Kier alpha value is -3.68. The predicted molar refractivity (Wildman–Crippen MR) is 110 cm³/mol. The first-order chi connectivity index (χ1) is 14.6. The van der Waals surface area contributed by atoms with Gasteiger partial charge < -0.3 is 9.57 Å². The van der Waals surface area contributed by atoms with Crippen LogP contribution in [0.2, 0.25) is 0 Å². The third kappa shape index (κ3) is 3.54. The van der Waals surface area contributed by atoms with Gasteiger partial charge in [0.05, 0.1) is 16.8 Å². The van der Waals surface area contributed by atoms with Crippen molar-refractivity contribution in [1.29, 1.82) is 0 Å². The van der Waals surface area contributed by atoms with Crippen molar-refractivity contribution in [3.63, 3.8) is 0 Å². The predicted octanol–water partition coefficient (Wildman–Crippen LogP) is 3.42. The number of carbonyl (C=O) groups is 4. The lowest BCUT2D eigenvalue weighted by molar-refractivity contribution is -0.170. The zero-order chi connectivity index (χ0) is 22.5. The number of ether oxygens (including phenoxy) is 1. The lowest BCUT2D eigenvalue weighted by atomic mass is 10.0. The molecule has 1 atom stereocenters. The largest absolute Gasteiger partial charge is 0.443 e. The number of benzene rings is 2. The van der Waals surface area contributed by atoms with Crippen LogP contribution in [0, 0.1) is 6.92 Å². The van der Waals surface area contributed by atoms with Crippen molar-refractivity contribution in [2.75, 3.05) is 4.90 Å². The van der Waals surface area contributed by atoms with Gasteiger partial charge in [-0.15, -0.1) is 0 Å². The lowest BCUT2D eigenvalue weighted by Gasteiger charge is -2.28. The molecule has 0 saturated carbocycles. The number of carbonyl (C=O) groups excluding carboxylic acids is 4. The highest BCUT2D eigenvalue weighted by atomic mass is 16.7. The molecule has 0 aliphatic carbocycles. The number of aryl methyl sites for hydroxylation is 1. The number of hydroxylamine groups is 2. The quantitative estimate of drug-likeness (QED) is 0.689. The van der Waals surface area contributed by atoms with E-state index in [9.17, 15) is 19.2 Å². The fraction of sp³-hybridized carbons (Fsp3) is 0.304. The molecular weight excluding hydrogens is 400 g/mol. The molecule has 2 aromatic carbocycles. The summed E-state index contributed by atoms with van der Waals surface area (Å²) in [6.07, 6.45) is -0.523. The molecule has 4 rings (SSSR count). The lowest BCUT2D eigenvalue weighted by Crippen LogP contribution is -2.48. The first-order valence-electron chi connectivity index (χ1n) is 9.89. The number of amides is 3. The second kappa shape index (κ2) is 7.23. The molecule has 0 spiro atoms. The van der Waals surface area contributed by atoms with Crippen LogP contribution in [0.1, 0.15) is 52.6 Å². The maximum Gasteiger partial charge on any atom is 0.415 e. The fourth-order valence-corrected chi connectivity index (χ4v) is 3.76. The number of hydrogen-bond acceptors (Lipinski definition) is 6. The van der Waals surface area contributed by atoms with E-state index in [1.165, 1.54) is 17.0 Å². The zero-order valence-electron chi connectivity index (χ0n) is 17.7. The van der Waals surface area contributed by atoms with Crippen LogP contribution >= 0.6 is 0 Å². The Morgan fingerprint density at radius 3 is 2.16 bits per heavy atom. The maximum absolute atomic E-state index is 13.1. The van der Waals surface area contributed by atoms with E-state index in [0.29, 0.717) is 10.8 Å². The highest BCUT2D eigenvalue weighted by Gasteiger charge is 2.45. The molecule has 0 aromatic heterocycles. The van der Waals surface area contributed by atoms with Crippen molar-refractivity contribution >= 4 is 29.6 Å². The highest BCUT2D eigenvalue weighted by Crippen LogP contribution is 2.36. The molecule has 160 valence electrons. The van der Waals surface area contributed by atoms with Gasteiger partial charge in [-0.2, -0.15) is 0 Å². The SMILES string of the molecule is Cc1cccc2c1CC(C(=O)ON1C(=O)c3ccccc3C1=O)N2C(=O)OC(C)(C)C. The Labute approximate surface area is 179 Å². The molecule has 0 saturated heterocycles. The average Bonchev–Trinajstić information content (AvgIpc) is 3.20. The Balaban J connectivity index is 1.63. The summed E-state index contributed by atoms with van der Waals surface area (Å²) in [4.78, 5) is 57.6. The van der Waals surface area contributed by atoms with E-state index in [1.54, 1.807) is 45.0 Å². The van der Waals surface area contributed by atoms with Gasteiger partial charge in [-0.25, -0.2) is 9.59 Å². The molecule has 0 bridgehead atoms. The summed E-state index contributed by atoms with van der Waals surface area (Å²) in [5.41, 5.74) is 1.80. The van der Waals surface area contributed by atoms with Crippen LogP contribution in [-0.2, 0) is 20.8 Å². The molecule has 0 fully saturated rings. The number of rotatable bonds is 2. The van der Waals surface area contributed by atoms with E-state index in [0.717, 1.165) is 11.1 Å². The summed E-state index contributed by atoms with van der Waals surface area (Å²) in [6.45, 7) is 7.06. The van der Waals surface area contributed by atoms with Crippen LogP contribution in [0.25, 0.3) is 0 Å². The van der Waals surface area contributed by atoms with Crippen molar-refractivity contribution in [3.8, 4) is 0 Å². The van der Waals surface area contributed by atoms with E-state index >= 15 is 0 Å². The van der Waals surface area contributed by atoms with E-state index in [1.807, 2.05) is 13.0 Å². The van der Waals surface area contributed by atoms with Gasteiger partial charge in [0.25, 0.3) is 11.8 Å². The molecule has 2 aromatic rings. The van der Waals surface area contributed by atoms with Crippen LogP contribution in [0.5, 0.6) is 0 Å². The van der Waals surface area contributed by atoms with Gasteiger partial charge in [0.1, 0.15) is 11.6 Å². The normalized spacial score (nSPS) is 17.5. The molecule has 8 heteroatoms. The minimum Gasteiger partial charge on any atom is -0.443 e. The van der Waals surface area contributed by atoms with Crippen molar-refractivity contribution in [2.24, 2.45) is 0 Å². The van der Waals surface area contributed by atoms with Crippen molar-refractivity contribution in [1.82, 2.24) is 5.06 Å². The molecule has 0 N–H and O–H groups in total. The van der Waals surface area contributed by atoms with Crippen LogP contribution in [-0.4, -0.2) is 40.6 Å². The first-order valence-corrected chi connectivity index (χ1v) is 9.89. The van der Waals surface area contributed by atoms with Crippen LogP contribution < -0.4 is 4.90 Å². The highest BCUT2D eigenvalue weighted by molar-refractivity contribution is 6.21. The van der Waals surface area contributed by atoms with Gasteiger partial charge in [-0.1, -0.05) is 29.3 Å². The minimum atomic E-state index is -1.07. The monoisotopic (exact) mass is 422 g/mol. The molecule has 1 unspecified atom stereocenters. The van der Waals surface area contributed by atoms with Crippen LogP contribution in [0.4, 0.5) is 10.5 Å². The van der Waals surface area contributed by atoms with Gasteiger partial charge in [0, 0.05) is 6.42 Å². The Morgan fingerprint density at radius 2 is 1.58 bits per heavy atom. The Kier molecular flexibility index (Phi) is 4.80. The number of imide groups is 1. The summed E-state index contributed by atoms with van der Waals surface area (Å²) in [5, 5.41) is 0.454. The van der Waals surface area contributed by atoms with E-state index in [4.69, 9.17) is 9.57 Å². The summed E-state index contributed by atoms with van der Waals surface area (Å²) in [7, 11) is 0. The smallest absolute Gasteiger partial charge is 0.415 e. The van der Waals surface area contributed by atoms with E-state index < -0.39 is 35.5 Å². The molecule has 2 heterocycles. The molecule has 0 radical (unpaired) electrons. The number of fused-ring (bicyclic) bond motifs is 2. The summed E-state index contributed by atoms with van der Waals surface area (Å²) in [6, 6.07) is 10.5. The topological polar surface area (TPSA) is 93.2 Å². The van der Waals surface area contributed by atoms with Gasteiger partial charge in [0.15, 0.2) is 0 Å². The van der Waals surface area contributed by atoms with Crippen molar-refractivity contribution in [3.05, 3.63) is 64.7 Å². The summed E-state index contributed by atoms with van der Waals surface area (Å²) < 4.78 is 5.49. The molecule has 31 heavy (non-hydrogen) atoms. The van der Waals surface area contributed by atoms with Crippen molar-refractivity contribution in [2.45, 2.75) is 45.8 Å². The van der Waals surface area contributed by atoms with Gasteiger partial charge in [-0.05, 0) is 57.0 Å². The second-order valence-electron chi connectivity index (χ2n) is 8.50. The van der Waals surface area contributed by atoms with Crippen molar-refractivity contribution < 1.29 is 28.8 Å². The maximum atomic E-state index is 13.1. The summed E-state index contributed by atoms with van der Waals surface area (Å²) in [5.74, 6) is -2.33. The Bertz CT molecular complexity index is 1080. The summed E-state index contributed by atoms with van der Waals surface area (Å²) >= 11 is 0.